The third-order valence-corrected chi connectivity index (χ3v) is 5.61. The number of carbonyl (C=O) groups excluding carboxylic acids is 3. The fraction of sp³-hybridized carbons (Fsp3) is 0.273. The standard InChI is InChI=1S/C22H20Cl2N4O3/c1-27(22(31)18-8-7-15(23)10-19(18)24)13-20(29)28-12-14(9-17(28)11-25)21(30)26-16-5-3-2-4-6-16/h2-8,10,14,17H,9,12-13H2,1H3,(H,26,30). The van der Waals surface area contributed by atoms with Crippen molar-refractivity contribution in [3.8, 4) is 6.07 Å². The van der Waals surface area contributed by atoms with Crippen LogP contribution in [0.25, 0.3) is 0 Å². The van der Waals surface area contributed by atoms with Gasteiger partial charge in [-0.15, -0.1) is 0 Å². The molecule has 2 unspecified atom stereocenters. The van der Waals surface area contributed by atoms with Gasteiger partial charge in [-0.25, -0.2) is 0 Å². The van der Waals surface area contributed by atoms with Gasteiger partial charge in [-0.3, -0.25) is 14.4 Å². The number of para-hydroxylation sites is 1. The van der Waals surface area contributed by atoms with Crippen molar-refractivity contribution < 1.29 is 14.4 Å². The van der Waals surface area contributed by atoms with Crippen LogP contribution in [0.4, 0.5) is 5.69 Å². The van der Waals surface area contributed by atoms with Crippen molar-refractivity contribution in [3.05, 3.63) is 64.1 Å². The van der Waals surface area contributed by atoms with Gasteiger partial charge in [0.05, 0.1) is 29.1 Å². The van der Waals surface area contributed by atoms with Crippen molar-refractivity contribution >= 4 is 46.6 Å². The maximum absolute atomic E-state index is 12.8. The van der Waals surface area contributed by atoms with Crippen molar-refractivity contribution in [2.75, 3.05) is 25.5 Å². The van der Waals surface area contributed by atoms with Crippen molar-refractivity contribution in [2.24, 2.45) is 5.92 Å². The molecule has 0 aromatic heterocycles. The van der Waals surface area contributed by atoms with E-state index < -0.39 is 23.8 Å². The van der Waals surface area contributed by atoms with Crippen molar-refractivity contribution in [1.29, 1.82) is 5.26 Å². The number of likely N-dealkylation sites (tertiary alicyclic amines) is 1. The summed E-state index contributed by atoms with van der Waals surface area (Å²) < 4.78 is 0. The van der Waals surface area contributed by atoms with E-state index in [0.717, 1.165) is 0 Å². The predicted octanol–water partition coefficient (Wildman–Crippen LogP) is 3.44. The van der Waals surface area contributed by atoms with E-state index in [1.165, 1.54) is 29.0 Å². The molecule has 160 valence electrons. The number of nitriles is 1. The Bertz CT molecular complexity index is 1040. The summed E-state index contributed by atoms with van der Waals surface area (Å²) in [5, 5.41) is 12.9. The molecular weight excluding hydrogens is 439 g/mol. The number of carbonyl (C=O) groups is 3. The SMILES string of the molecule is CN(CC(=O)N1CC(C(=O)Nc2ccccc2)CC1C#N)C(=O)c1ccc(Cl)cc1Cl. The number of rotatable bonds is 5. The van der Waals surface area contributed by atoms with Gasteiger partial charge in [0.15, 0.2) is 0 Å². The summed E-state index contributed by atoms with van der Waals surface area (Å²) in [4.78, 5) is 40.6. The molecule has 1 aliphatic rings. The lowest BCUT2D eigenvalue weighted by molar-refractivity contribution is -0.131. The molecular formula is C22H20Cl2N4O3. The van der Waals surface area contributed by atoms with Crippen LogP contribution in [0.2, 0.25) is 10.0 Å². The summed E-state index contributed by atoms with van der Waals surface area (Å²) in [5.41, 5.74) is 0.871. The van der Waals surface area contributed by atoms with Gasteiger partial charge in [0.1, 0.15) is 6.04 Å². The Kier molecular flexibility index (Phi) is 7.16. The maximum Gasteiger partial charge on any atom is 0.255 e. The van der Waals surface area contributed by atoms with E-state index in [1.54, 1.807) is 30.3 Å². The van der Waals surface area contributed by atoms with E-state index >= 15 is 0 Å². The number of hydrogen-bond donors (Lipinski definition) is 1. The van der Waals surface area contributed by atoms with E-state index in [2.05, 4.69) is 11.4 Å². The van der Waals surface area contributed by atoms with Crippen molar-refractivity contribution in [3.63, 3.8) is 0 Å². The maximum atomic E-state index is 12.8. The molecule has 2 atom stereocenters. The Balaban J connectivity index is 1.64. The van der Waals surface area contributed by atoms with Crippen molar-refractivity contribution in [2.45, 2.75) is 12.5 Å². The highest BCUT2D eigenvalue weighted by atomic mass is 35.5. The molecule has 0 saturated carbocycles. The first-order chi connectivity index (χ1) is 14.8. The lowest BCUT2D eigenvalue weighted by atomic mass is 10.1. The molecule has 2 aromatic rings. The lowest BCUT2D eigenvalue weighted by Crippen LogP contribution is -2.43. The fourth-order valence-electron chi connectivity index (χ4n) is 3.42. The number of anilines is 1. The van der Waals surface area contributed by atoms with Crippen LogP contribution >= 0.6 is 23.2 Å². The van der Waals surface area contributed by atoms with E-state index in [-0.39, 0.29) is 36.0 Å². The van der Waals surface area contributed by atoms with Gasteiger partial charge in [-0.05, 0) is 36.8 Å². The van der Waals surface area contributed by atoms with Crippen LogP contribution in [0.15, 0.2) is 48.5 Å². The number of likely N-dealkylation sites (N-methyl/N-ethyl adjacent to an activating group) is 1. The van der Waals surface area contributed by atoms with E-state index in [1.807, 2.05) is 6.07 Å². The fourth-order valence-corrected chi connectivity index (χ4v) is 3.91. The lowest BCUT2D eigenvalue weighted by Gasteiger charge is -2.24. The van der Waals surface area contributed by atoms with Crippen LogP contribution in [-0.2, 0) is 9.59 Å². The zero-order valence-corrected chi connectivity index (χ0v) is 18.2. The zero-order chi connectivity index (χ0) is 22.5. The average Bonchev–Trinajstić information content (AvgIpc) is 3.19. The molecule has 1 saturated heterocycles. The van der Waals surface area contributed by atoms with Crippen LogP contribution in [0, 0.1) is 17.2 Å². The molecule has 3 rings (SSSR count). The zero-order valence-electron chi connectivity index (χ0n) is 16.7. The minimum absolute atomic E-state index is 0.111. The number of hydrogen-bond acceptors (Lipinski definition) is 4. The highest BCUT2D eigenvalue weighted by molar-refractivity contribution is 6.36. The number of nitrogens with zero attached hydrogens (tertiary/aromatic N) is 3. The highest BCUT2D eigenvalue weighted by Gasteiger charge is 2.39. The molecule has 1 heterocycles. The number of amides is 3. The Morgan fingerprint density at radius 2 is 1.90 bits per heavy atom. The third-order valence-electron chi connectivity index (χ3n) is 5.06. The van der Waals surface area contributed by atoms with E-state index in [0.29, 0.717) is 10.7 Å². The Labute approximate surface area is 190 Å². The van der Waals surface area contributed by atoms with Crippen LogP contribution in [0.1, 0.15) is 16.8 Å². The average molecular weight is 459 g/mol. The van der Waals surface area contributed by atoms with Gasteiger partial charge in [-0.2, -0.15) is 5.26 Å². The molecule has 3 amide bonds. The molecule has 0 bridgehead atoms. The third kappa shape index (κ3) is 5.35. The Morgan fingerprint density at radius 1 is 1.19 bits per heavy atom. The quantitative estimate of drug-likeness (QED) is 0.742. The Hall–Kier alpha value is -3.08. The molecule has 9 heteroatoms. The van der Waals surface area contributed by atoms with Gasteiger partial charge >= 0.3 is 0 Å². The van der Waals surface area contributed by atoms with E-state index in [9.17, 15) is 19.6 Å². The van der Waals surface area contributed by atoms with Gasteiger partial charge in [0.2, 0.25) is 11.8 Å². The number of nitrogens with one attached hydrogen (secondary N) is 1. The monoisotopic (exact) mass is 458 g/mol. The number of benzene rings is 2. The second-order valence-corrected chi connectivity index (χ2v) is 8.11. The minimum Gasteiger partial charge on any atom is -0.332 e. The molecule has 0 aliphatic carbocycles. The summed E-state index contributed by atoms with van der Waals surface area (Å²) >= 11 is 11.9. The smallest absolute Gasteiger partial charge is 0.255 e. The molecule has 1 fully saturated rings. The molecule has 2 aromatic carbocycles. The molecule has 31 heavy (non-hydrogen) atoms. The summed E-state index contributed by atoms with van der Waals surface area (Å²) in [6.45, 7) is -0.136. The van der Waals surface area contributed by atoms with Gasteiger partial charge in [-0.1, -0.05) is 41.4 Å². The van der Waals surface area contributed by atoms with Gasteiger partial charge < -0.3 is 15.1 Å². The topological polar surface area (TPSA) is 93.5 Å². The Morgan fingerprint density at radius 3 is 2.55 bits per heavy atom. The molecule has 0 radical (unpaired) electrons. The van der Waals surface area contributed by atoms with Crippen LogP contribution in [0.5, 0.6) is 0 Å². The van der Waals surface area contributed by atoms with Crippen LogP contribution in [-0.4, -0.2) is 53.7 Å². The molecule has 1 aliphatic heterocycles. The molecule has 0 spiro atoms. The summed E-state index contributed by atoms with van der Waals surface area (Å²) in [6, 6.07) is 14.8. The van der Waals surface area contributed by atoms with Crippen LogP contribution < -0.4 is 5.32 Å². The van der Waals surface area contributed by atoms with Crippen LogP contribution in [0.3, 0.4) is 0 Å². The second kappa shape index (κ2) is 9.82. The first-order valence-electron chi connectivity index (χ1n) is 9.55. The normalized spacial score (nSPS) is 17.7. The van der Waals surface area contributed by atoms with Gasteiger partial charge in [0, 0.05) is 24.3 Å². The largest absolute Gasteiger partial charge is 0.332 e. The predicted molar refractivity (Wildman–Crippen MR) is 118 cm³/mol. The first kappa shape index (κ1) is 22.6. The molecule has 1 N–H and O–H groups in total. The summed E-state index contributed by atoms with van der Waals surface area (Å²) in [5.74, 6) is -1.62. The second-order valence-electron chi connectivity index (χ2n) is 7.26. The summed E-state index contributed by atoms with van der Waals surface area (Å²) in [7, 11) is 1.47. The van der Waals surface area contributed by atoms with Crippen molar-refractivity contribution in [1.82, 2.24) is 9.80 Å². The summed E-state index contributed by atoms with van der Waals surface area (Å²) in [6.07, 6.45) is 0.238. The minimum atomic E-state index is -0.735. The van der Waals surface area contributed by atoms with E-state index in [4.69, 9.17) is 23.2 Å². The number of halogens is 2. The van der Waals surface area contributed by atoms with Gasteiger partial charge in [0.25, 0.3) is 5.91 Å². The first-order valence-corrected chi connectivity index (χ1v) is 10.3. The highest BCUT2D eigenvalue weighted by Crippen LogP contribution is 2.26. The molecule has 7 nitrogen and oxygen atoms in total.